The first-order valence-corrected chi connectivity index (χ1v) is 5.27. The Morgan fingerprint density at radius 2 is 1.89 bits per heavy atom. The quantitative estimate of drug-likeness (QED) is 0.247. The number of nitro groups is 1. The fourth-order valence-corrected chi connectivity index (χ4v) is 1.35. The number of anilines is 1. The molecular formula is C10H13N5O4. The summed E-state index contributed by atoms with van der Waals surface area (Å²) < 4.78 is 0. The maximum Gasteiger partial charge on any atom is 0.312 e. The fourth-order valence-electron chi connectivity index (χ4n) is 1.35. The number of nitrogens with one attached hydrogen (secondary N) is 2. The number of benzene rings is 1. The van der Waals surface area contributed by atoms with Crippen LogP contribution in [-0.4, -0.2) is 30.0 Å². The highest BCUT2D eigenvalue weighted by molar-refractivity contribution is 5.99. The molecule has 1 rings (SSSR count). The van der Waals surface area contributed by atoms with Crippen LogP contribution in [-0.2, 0) is 0 Å². The van der Waals surface area contributed by atoms with Gasteiger partial charge in [0.1, 0.15) is 5.56 Å². The van der Waals surface area contributed by atoms with Crippen LogP contribution in [0.5, 0.6) is 0 Å². The van der Waals surface area contributed by atoms with Crippen LogP contribution in [0.4, 0.5) is 16.2 Å². The molecule has 0 aliphatic carbocycles. The van der Waals surface area contributed by atoms with Crippen molar-refractivity contribution >= 4 is 23.3 Å². The zero-order valence-electron chi connectivity index (χ0n) is 9.88. The molecule has 1 aromatic rings. The normalized spacial score (nSPS) is 9.68. The predicted octanol–water partition coefficient (Wildman–Crippen LogP) is -0.425. The molecule has 19 heavy (non-hydrogen) atoms. The molecule has 3 amide bonds. The molecule has 0 atom stereocenters. The summed E-state index contributed by atoms with van der Waals surface area (Å²) in [5.74, 6) is -0.648. The van der Waals surface area contributed by atoms with E-state index in [1.54, 1.807) is 0 Å². The summed E-state index contributed by atoms with van der Waals surface area (Å²) in [6, 6.07) is 2.99. The molecule has 0 unspecified atom stereocenters. The molecule has 0 saturated heterocycles. The Kier molecular flexibility index (Phi) is 4.63. The van der Waals surface area contributed by atoms with Crippen molar-refractivity contribution in [3.63, 3.8) is 0 Å². The number of nitrogen functional groups attached to an aromatic ring is 1. The maximum absolute atomic E-state index is 11.8. The van der Waals surface area contributed by atoms with Gasteiger partial charge in [-0.15, -0.1) is 0 Å². The summed E-state index contributed by atoms with van der Waals surface area (Å²) in [5.41, 5.74) is 10.1. The minimum Gasteiger partial charge on any atom is -0.399 e. The molecule has 9 nitrogen and oxygen atoms in total. The standard InChI is InChI=1S/C10H13N5O4/c11-6-1-2-8(15(18)19)7(5-6)9(16)13-3-4-14-10(12)17/h1-2,5H,3-4,11H2,(H,13,16)(H3,12,14,17). The van der Waals surface area contributed by atoms with Gasteiger partial charge in [-0.2, -0.15) is 0 Å². The summed E-state index contributed by atoms with van der Waals surface area (Å²) in [6.45, 7) is 0.213. The summed E-state index contributed by atoms with van der Waals surface area (Å²) >= 11 is 0. The molecule has 0 bridgehead atoms. The lowest BCUT2D eigenvalue weighted by molar-refractivity contribution is -0.385. The zero-order chi connectivity index (χ0) is 14.4. The smallest absolute Gasteiger partial charge is 0.312 e. The molecule has 0 fully saturated rings. The van der Waals surface area contributed by atoms with Gasteiger partial charge < -0.3 is 22.1 Å². The van der Waals surface area contributed by atoms with Gasteiger partial charge in [-0.3, -0.25) is 14.9 Å². The number of hydrogen-bond donors (Lipinski definition) is 4. The number of rotatable bonds is 5. The Balaban J connectivity index is 2.73. The number of carbonyl (C=O) groups is 2. The second-order valence-electron chi connectivity index (χ2n) is 3.58. The topological polar surface area (TPSA) is 153 Å². The van der Waals surface area contributed by atoms with Crippen LogP contribution in [0.2, 0.25) is 0 Å². The van der Waals surface area contributed by atoms with Gasteiger partial charge in [0.2, 0.25) is 0 Å². The fraction of sp³-hybridized carbons (Fsp3) is 0.200. The summed E-state index contributed by atoms with van der Waals surface area (Å²) in [7, 11) is 0. The van der Waals surface area contributed by atoms with E-state index in [0.717, 1.165) is 6.07 Å². The number of primary amides is 1. The molecule has 1 aromatic carbocycles. The monoisotopic (exact) mass is 267 g/mol. The van der Waals surface area contributed by atoms with Crippen LogP contribution < -0.4 is 22.1 Å². The lowest BCUT2D eigenvalue weighted by Crippen LogP contribution is -2.37. The molecule has 6 N–H and O–H groups in total. The van der Waals surface area contributed by atoms with Gasteiger partial charge in [0.05, 0.1) is 4.92 Å². The van der Waals surface area contributed by atoms with Gasteiger partial charge in [0.25, 0.3) is 11.6 Å². The second-order valence-corrected chi connectivity index (χ2v) is 3.58. The first-order valence-electron chi connectivity index (χ1n) is 5.27. The number of urea groups is 1. The number of nitrogens with zero attached hydrogens (tertiary/aromatic N) is 1. The van der Waals surface area contributed by atoms with E-state index >= 15 is 0 Å². The number of hydrogen-bond acceptors (Lipinski definition) is 5. The number of nitro benzene ring substituents is 1. The van der Waals surface area contributed by atoms with Crippen molar-refractivity contribution < 1.29 is 14.5 Å². The Labute approximate surface area is 108 Å². The molecule has 0 aromatic heterocycles. The van der Waals surface area contributed by atoms with Crippen molar-refractivity contribution in [3.05, 3.63) is 33.9 Å². The van der Waals surface area contributed by atoms with Gasteiger partial charge in [0, 0.05) is 24.8 Å². The largest absolute Gasteiger partial charge is 0.399 e. The molecule has 0 heterocycles. The first-order chi connectivity index (χ1) is 8.91. The third kappa shape index (κ3) is 4.15. The van der Waals surface area contributed by atoms with Crippen molar-refractivity contribution in [2.45, 2.75) is 0 Å². The Hall–Kier alpha value is -2.84. The highest BCUT2D eigenvalue weighted by Crippen LogP contribution is 2.20. The predicted molar refractivity (Wildman–Crippen MR) is 67.4 cm³/mol. The van der Waals surface area contributed by atoms with E-state index in [0.29, 0.717) is 0 Å². The van der Waals surface area contributed by atoms with Crippen molar-refractivity contribution in [1.29, 1.82) is 0 Å². The number of carbonyl (C=O) groups excluding carboxylic acids is 2. The highest BCUT2D eigenvalue weighted by atomic mass is 16.6. The molecule has 0 aliphatic rings. The van der Waals surface area contributed by atoms with E-state index in [2.05, 4.69) is 10.6 Å². The molecule has 0 spiro atoms. The molecule has 0 saturated carbocycles. The van der Waals surface area contributed by atoms with Crippen LogP contribution in [0.3, 0.4) is 0 Å². The van der Waals surface area contributed by atoms with E-state index in [1.165, 1.54) is 12.1 Å². The van der Waals surface area contributed by atoms with Gasteiger partial charge >= 0.3 is 6.03 Å². The zero-order valence-corrected chi connectivity index (χ0v) is 9.88. The first kappa shape index (κ1) is 14.2. The van der Waals surface area contributed by atoms with Crippen molar-refractivity contribution in [1.82, 2.24) is 10.6 Å². The van der Waals surface area contributed by atoms with Gasteiger partial charge in [-0.1, -0.05) is 0 Å². The van der Waals surface area contributed by atoms with E-state index in [1.807, 2.05) is 0 Å². The van der Waals surface area contributed by atoms with Crippen molar-refractivity contribution in [3.8, 4) is 0 Å². The van der Waals surface area contributed by atoms with E-state index in [-0.39, 0.29) is 30.0 Å². The Morgan fingerprint density at radius 3 is 2.47 bits per heavy atom. The Morgan fingerprint density at radius 1 is 1.26 bits per heavy atom. The van der Waals surface area contributed by atoms with Gasteiger partial charge in [-0.05, 0) is 12.1 Å². The van der Waals surface area contributed by atoms with Gasteiger partial charge in [-0.25, -0.2) is 4.79 Å². The van der Waals surface area contributed by atoms with Crippen LogP contribution in [0.15, 0.2) is 18.2 Å². The van der Waals surface area contributed by atoms with Crippen LogP contribution in [0.25, 0.3) is 0 Å². The number of amides is 3. The second kappa shape index (κ2) is 6.19. The third-order valence-electron chi connectivity index (χ3n) is 2.17. The Bertz CT molecular complexity index is 517. The minimum atomic E-state index is -0.718. The summed E-state index contributed by atoms with van der Waals surface area (Å²) in [4.78, 5) is 32.2. The molecule has 102 valence electrons. The van der Waals surface area contributed by atoms with Crippen LogP contribution >= 0.6 is 0 Å². The number of nitrogens with two attached hydrogens (primary N) is 2. The van der Waals surface area contributed by atoms with Gasteiger partial charge in [0.15, 0.2) is 0 Å². The highest BCUT2D eigenvalue weighted by Gasteiger charge is 2.19. The lowest BCUT2D eigenvalue weighted by Gasteiger charge is -2.06. The minimum absolute atomic E-state index is 0.0910. The van der Waals surface area contributed by atoms with E-state index in [9.17, 15) is 19.7 Å². The molecule has 0 radical (unpaired) electrons. The van der Waals surface area contributed by atoms with E-state index < -0.39 is 16.9 Å². The lowest BCUT2D eigenvalue weighted by atomic mass is 10.1. The molecule has 9 heteroatoms. The summed E-state index contributed by atoms with van der Waals surface area (Å²) in [6.07, 6.45) is 0. The van der Waals surface area contributed by atoms with Crippen LogP contribution in [0.1, 0.15) is 10.4 Å². The average Bonchev–Trinajstić information content (AvgIpc) is 2.33. The average molecular weight is 267 g/mol. The molecule has 0 aliphatic heterocycles. The summed E-state index contributed by atoms with van der Waals surface area (Å²) in [5, 5.41) is 15.4. The van der Waals surface area contributed by atoms with Crippen LogP contribution in [0, 0.1) is 10.1 Å². The van der Waals surface area contributed by atoms with E-state index in [4.69, 9.17) is 11.5 Å². The SMILES string of the molecule is NC(=O)NCCNC(=O)c1cc(N)ccc1[N+](=O)[O-]. The molecular weight excluding hydrogens is 254 g/mol. The maximum atomic E-state index is 11.8. The van der Waals surface area contributed by atoms with Crippen molar-refractivity contribution in [2.75, 3.05) is 18.8 Å². The third-order valence-corrected chi connectivity index (χ3v) is 2.17. The van der Waals surface area contributed by atoms with Crippen molar-refractivity contribution in [2.24, 2.45) is 5.73 Å².